The van der Waals surface area contributed by atoms with Crippen molar-refractivity contribution in [2.75, 3.05) is 0 Å². The van der Waals surface area contributed by atoms with Gasteiger partial charge in [0.15, 0.2) is 5.65 Å². The van der Waals surface area contributed by atoms with Crippen molar-refractivity contribution in [2.45, 2.75) is 19.2 Å². The van der Waals surface area contributed by atoms with Gasteiger partial charge in [0, 0.05) is 12.7 Å². The van der Waals surface area contributed by atoms with E-state index in [2.05, 4.69) is 14.6 Å². The van der Waals surface area contributed by atoms with Crippen molar-refractivity contribution in [3.63, 3.8) is 0 Å². The van der Waals surface area contributed by atoms with Crippen LogP contribution in [-0.4, -0.2) is 19.3 Å². The lowest BCUT2D eigenvalue weighted by molar-refractivity contribution is 0.748. The Kier molecular flexibility index (Phi) is 2.82. The van der Waals surface area contributed by atoms with Gasteiger partial charge in [0.1, 0.15) is 11.3 Å². The third kappa shape index (κ3) is 1.83. The van der Waals surface area contributed by atoms with E-state index in [0.29, 0.717) is 0 Å². The van der Waals surface area contributed by atoms with Crippen LogP contribution < -0.4 is 0 Å². The molecule has 1 unspecified atom stereocenters. The summed E-state index contributed by atoms with van der Waals surface area (Å²) in [4.78, 5) is 4.66. The number of hydrogen-bond acceptors (Lipinski definition) is 2. The molecule has 3 rings (SSSR count). The Morgan fingerprint density at radius 1 is 1.21 bits per heavy atom. The fourth-order valence-electron chi connectivity index (χ4n) is 2.39. The first kappa shape index (κ1) is 12.2. The highest BCUT2D eigenvalue weighted by molar-refractivity contribution is 6.20. The molecule has 0 aliphatic rings. The molecule has 4 nitrogen and oxygen atoms in total. The number of imidazole rings is 1. The summed E-state index contributed by atoms with van der Waals surface area (Å²) < 4.78 is 3.93. The molecule has 0 bridgehead atoms. The van der Waals surface area contributed by atoms with E-state index in [-0.39, 0.29) is 5.38 Å². The number of aromatic nitrogens is 4. The largest absolute Gasteiger partial charge is 0.280 e. The second-order valence-corrected chi connectivity index (χ2v) is 5.29. The third-order valence-corrected chi connectivity index (χ3v) is 3.39. The van der Waals surface area contributed by atoms with E-state index in [1.807, 2.05) is 55.9 Å². The number of fused-ring (bicyclic) bond motifs is 1. The molecule has 0 aliphatic carbocycles. The highest BCUT2D eigenvalue weighted by atomic mass is 35.5. The zero-order chi connectivity index (χ0) is 13.6. The van der Waals surface area contributed by atoms with Crippen molar-refractivity contribution < 1.29 is 0 Å². The van der Waals surface area contributed by atoms with Gasteiger partial charge >= 0.3 is 0 Å². The number of nitrogens with zero attached hydrogens (tertiary/aromatic N) is 4. The van der Waals surface area contributed by atoms with Crippen LogP contribution in [0.4, 0.5) is 0 Å². The van der Waals surface area contributed by atoms with E-state index in [4.69, 9.17) is 11.6 Å². The van der Waals surface area contributed by atoms with E-state index in [9.17, 15) is 0 Å². The summed E-state index contributed by atoms with van der Waals surface area (Å²) in [5.41, 5.74) is 3.86. The van der Waals surface area contributed by atoms with Gasteiger partial charge in [-0.05, 0) is 26.0 Å². The number of para-hydroxylation sites is 1. The van der Waals surface area contributed by atoms with Gasteiger partial charge in [0.25, 0.3) is 0 Å². The lowest BCUT2D eigenvalue weighted by Gasteiger charge is -2.10. The molecule has 19 heavy (non-hydrogen) atoms. The first-order valence-electron chi connectivity index (χ1n) is 6.21. The topological polar surface area (TPSA) is 35.6 Å². The van der Waals surface area contributed by atoms with Gasteiger partial charge < -0.3 is 0 Å². The Morgan fingerprint density at radius 2 is 1.89 bits per heavy atom. The summed E-state index contributed by atoms with van der Waals surface area (Å²) in [6.07, 6.45) is 0. The molecule has 1 aromatic carbocycles. The average molecular weight is 275 g/mol. The Bertz CT molecular complexity index is 725. The lowest BCUT2D eigenvalue weighted by atomic mass is 10.3. The quantitative estimate of drug-likeness (QED) is 0.672. The van der Waals surface area contributed by atoms with Gasteiger partial charge in [-0.2, -0.15) is 5.10 Å². The van der Waals surface area contributed by atoms with Gasteiger partial charge in [-0.15, -0.1) is 11.6 Å². The molecule has 0 fully saturated rings. The van der Waals surface area contributed by atoms with Crippen LogP contribution >= 0.6 is 11.6 Å². The standard InChI is InChI=1S/C14H15ClN4/c1-9(15)13-16-12-10(2)17-18(3)14(12)19(13)11-7-5-4-6-8-11/h4-9H,1-3H3. The zero-order valence-corrected chi connectivity index (χ0v) is 11.9. The number of aryl methyl sites for hydroxylation is 2. The summed E-state index contributed by atoms with van der Waals surface area (Å²) in [7, 11) is 1.93. The minimum atomic E-state index is -0.160. The number of hydrogen-bond donors (Lipinski definition) is 0. The van der Waals surface area contributed by atoms with Crippen LogP contribution in [-0.2, 0) is 7.05 Å². The number of benzene rings is 1. The summed E-state index contributed by atoms with van der Waals surface area (Å²) in [5.74, 6) is 0.846. The van der Waals surface area contributed by atoms with Crippen LogP contribution in [0.2, 0.25) is 0 Å². The highest BCUT2D eigenvalue weighted by Crippen LogP contribution is 2.29. The van der Waals surface area contributed by atoms with Crippen LogP contribution in [0.5, 0.6) is 0 Å². The summed E-state index contributed by atoms with van der Waals surface area (Å²) in [6.45, 7) is 3.90. The van der Waals surface area contributed by atoms with Gasteiger partial charge in [-0.1, -0.05) is 18.2 Å². The van der Waals surface area contributed by atoms with Crippen molar-refractivity contribution >= 4 is 22.8 Å². The van der Waals surface area contributed by atoms with Crippen LogP contribution in [0.15, 0.2) is 30.3 Å². The molecule has 2 aromatic heterocycles. The molecule has 1 atom stereocenters. The van der Waals surface area contributed by atoms with Crippen LogP contribution in [0, 0.1) is 6.92 Å². The molecule has 3 aromatic rings. The Balaban J connectivity index is 2.40. The minimum absolute atomic E-state index is 0.160. The second-order valence-electron chi connectivity index (χ2n) is 4.64. The molecule has 0 spiro atoms. The lowest BCUT2D eigenvalue weighted by Crippen LogP contribution is -2.05. The maximum Gasteiger partial charge on any atom is 0.163 e. The van der Waals surface area contributed by atoms with Gasteiger partial charge in [-0.3, -0.25) is 4.57 Å². The van der Waals surface area contributed by atoms with Gasteiger partial charge in [-0.25, -0.2) is 9.67 Å². The van der Waals surface area contributed by atoms with Crippen LogP contribution in [0.25, 0.3) is 16.9 Å². The Morgan fingerprint density at radius 3 is 2.53 bits per heavy atom. The van der Waals surface area contributed by atoms with E-state index in [1.165, 1.54) is 0 Å². The summed E-state index contributed by atoms with van der Waals surface area (Å²) >= 11 is 6.28. The zero-order valence-electron chi connectivity index (χ0n) is 11.1. The van der Waals surface area contributed by atoms with Crippen LogP contribution in [0.1, 0.15) is 23.8 Å². The molecule has 98 valence electrons. The molecule has 0 radical (unpaired) electrons. The van der Waals surface area contributed by atoms with E-state index in [1.54, 1.807) is 0 Å². The van der Waals surface area contributed by atoms with E-state index < -0.39 is 0 Å². The molecular formula is C14H15ClN4. The third-order valence-electron chi connectivity index (χ3n) is 3.20. The molecule has 2 heterocycles. The second kappa shape index (κ2) is 4.38. The average Bonchev–Trinajstić information content (AvgIpc) is 2.90. The predicted molar refractivity (Wildman–Crippen MR) is 76.8 cm³/mol. The molecule has 0 N–H and O–H groups in total. The fourth-order valence-corrected chi connectivity index (χ4v) is 2.53. The van der Waals surface area contributed by atoms with E-state index >= 15 is 0 Å². The molecule has 5 heteroatoms. The van der Waals surface area contributed by atoms with Crippen LogP contribution in [0.3, 0.4) is 0 Å². The minimum Gasteiger partial charge on any atom is -0.280 e. The first-order valence-corrected chi connectivity index (χ1v) is 6.64. The first-order chi connectivity index (χ1) is 9.09. The number of rotatable bonds is 2. The number of halogens is 1. The van der Waals surface area contributed by atoms with Crippen molar-refractivity contribution in [1.82, 2.24) is 19.3 Å². The van der Waals surface area contributed by atoms with Gasteiger partial charge in [0.2, 0.25) is 0 Å². The SMILES string of the molecule is Cc1nn(C)c2c1nc(C(C)Cl)n2-c1ccccc1. The Hall–Kier alpha value is -1.81. The van der Waals surface area contributed by atoms with Crippen molar-refractivity contribution in [3.8, 4) is 5.69 Å². The predicted octanol–water partition coefficient (Wildman–Crippen LogP) is 3.37. The molecule has 0 amide bonds. The fraction of sp³-hybridized carbons (Fsp3) is 0.286. The molecule has 0 saturated carbocycles. The Labute approximate surface area is 116 Å². The number of alkyl halides is 1. The maximum absolute atomic E-state index is 6.28. The van der Waals surface area contributed by atoms with Crippen molar-refractivity contribution in [3.05, 3.63) is 41.9 Å². The highest BCUT2D eigenvalue weighted by Gasteiger charge is 2.20. The molecular weight excluding hydrogens is 260 g/mol. The summed E-state index contributed by atoms with van der Waals surface area (Å²) in [6, 6.07) is 10.1. The van der Waals surface area contributed by atoms with Crippen molar-refractivity contribution in [1.29, 1.82) is 0 Å². The smallest absolute Gasteiger partial charge is 0.163 e. The molecule has 0 saturated heterocycles. The maximum atomic E-state index is 6.28. The summed E-state index contributed by atoms with van der Waals surface area (Å²) in [5, 5.41) is 4.27. The van der Waals surface area contributed by atoms with Crippen molar-refractivity contribution in [2.24, 2.45) is 7.05 Å². The van der Waals surface area contributed by atoms with E-state index in [0.717, 1.165) is 28.4 Å². The molecule has 0 aliphatic heterocycles. The monoisotopic (exact) mass is 274 g/mol. The van der Waals surface area contributed by atoms with Gasteiger partial charge in [0.05, 0.1) is 11.1 Å². The normalized spacial score (nSPS) is 13.1.